The van der Waals surface area contributed by atoms with E-state index in [1.54, 1.807) is 32.9 Å². The highest BCUT2D eigenvalue weighted by Gasteiger charge is 2.24. The Morgan fingerprint density at radius 2 is 1.66 bits per heavy atom. The Morgan fingerprint density at radius 1 is 1.00 bits per heavy atom. The quantitative estimate of drug-likeness (QED) is 0.147. The van der Waals surface area contributed by atoms with Gasteiger partial charge in [0.05, 0.1) is 30.1 Å². The van der Waals surface area contributed by atoms with Crippen LogP contribution in [-0.2, 0) is 23.9 Å². The van der Waals surface area contributed by atoms with Crippen LogP contribution < -0.4 is 22.1 Å². The van der Waals surface area contributed by atoms with E-state index >= 15 is 0 Å². The summed E-state index contributed by atoms with van der Waals surface area (Å²) < 4.78 is 9.94. The molecule has 11 nitrogen and oxygen atoms in total. The number of guanidine groups is 1. The number of halogens is 2. The van der Waals surface area contributed by atoms with Crippen molar-refractivity contribution < 1.29 is 28.7 Å². The molecule has 0 radical (unpaired) electrons. The Labute approximate surface area is 229 Å². The van der Waals surface area contributed by atoms with Gasteiger partial charge in [0.15, 0.2) is 5.96 Å². The minimum absolute atomic E-state index is 0.167. The van der Waals surface area contributed by atoms with Gasteiger partial charge in [-0.2, -0.15) is 0 Å². The van der Waals surface area contributed by atoms with Crippen LogP contribution in [0.3, 0.4) is 0 Å². The molecule has 0 aliphatic heterocycles. The van der Waals surface area contributed by atoms with E-state index in [0.717, 1.165) is 0 Å². The van der Waals surface area contributed by atoms with Crippen molar-refractivity contribution >= 4 is 58.6 Å². The van der Waals surface area contributed by atoms with Crippen molar-refractivity contribution in [2.24, 2.45) is 21.9 Å². The lowest BCUT2D eigenvalue weighted by atomic mass is 9.98. The van der Waals surface area contributed by atoms with Crippen molar-refractivity contribution in [2.45, 2.75) is 33.2 Å². The highest BCUT2D eigenvalue weighted by molar-refractivity contribution is 6.34. The summed E-state index contributed by atoms with van der Waals surface area (Å²) in [6, 6.07) is 9.80. The maximum Gasteiger partial charge on any atom is 0.314 e. The second-order valence-corrected chi connectivity index (χ2v) is 9.99. The summed E-state index contributed by atoms with van der Waals surface area (Å²) in [7, 11) is 0. The molecule has 0 bridgehead atoms. The van der Waals surface area contributed by atoms with Crippen LogP contribution in [0.25, 0.3) is 0 Å². The molecule has 38 heavy (non-hydrogen) atoms. The monoisotopic (exact) mass is 565 g/mol. The number of nitrogens with one attached hydrogen (secondary N) is 2. The van der Waals surface area contributed by atoms with E-state index in [-0.39, 0.29) is 28.0 Å². The topological polar surface area (TPSA) is 175 Å². The highest BCUT2D eigenvalue weighted by Crippen LogP contribution is 2.26. The summed E-state index contributed by atoms with van der Waals surface area (Å²) in [5.74, 6) is -2.62. The van der Waals surface area contributed by atoms with Crippen LogP contribution >= 0.6 is 23.2 Å². The fraction of sp³-hybridized carbons (Fsp3) is 0.320. The molecule has 0 heterocycles. The van der Waals surface area contributed by atoms with Gasteiger partial charge in [-0.1, -0.05) is 29.3 Å². The van der Waals surface area contributed by atoms with Crippen LogP contribution in [0, 0.1) is 5.41 Å². The van der Waals surface area contributed by atoms with E-state index in [2.05, 4.69) is 15.6 Å². The maximum absolute atomic E-state index is 12.7. The minimum atomic E-state index is -0.911. The van der Waals surface area contributed by atoms with E-state index in [0.29, 0.717) is 11.3 Å². The number of esters is 2. The summed E-state index contributed by atoms with van der Waals surface area (Å²) in [5.41, 5.74) is 11.0. The Morgan fingerprint density at radius 3 is 2.26 bits per heavy atom. The average molecular weight is 566 g/mol. The zero-order valence-electron chi connectivity index (χ0n) is 21.0. The van der Waals surface area contributed by atoms with Crippen molar-refractivity contribution in [3.63, 3.8) is 0 Å². The summed E-state index contributed by atoms with van der Waals surface area (Å²) in [6.07, 6.45) is -0.329. The van der Waals surface area contributed by atoms with Gasteiger partial charge >= 0.3 is 11.9 Å². The van der Waals surface area contributed by atoms with E-state index in [1.165, 1.54) is 30.3 Å². The van der Waals surface area contributed by atoms with Crippen LogP contribution in [0.1, 0.15) is 49.2 Å². The molecule has 2 aromatic carbocycles. The van der Waals surface area contributed by atoms with Gasteiger partial charge in [0.2, 0.25) is 12.7 Å². The fourth-order valence-electron chi connectivity index (χ4n) is 2.99. The predicted octanol–water partition coefficient (Wildman–Crippen LogP) is 2.97. The van der Waals surface area contributed by atoms with Gasteiger partial charge in [0, 0.05) is 15.6 Å². The Hall–Kier alpha value is -3.83. The number of amides is 2. The minimum Gasteiger partial charge on any atom is -0.428 e. The Balaban J connectivity index is 2.05. The van der Waals surface area contributed by atoms with Gasteiger partial charge < -0.3 is 31.6 Å². The molecular weight excluding hydrogens is 537 g/mol. The van der Waals surface area contributed by atoms with Crippen LogP contribution in [0.2, 0.25) is 10.0 Å². The number of nitrogens with two attached hydrogens (primary N) is 2. The average Bonchev–Trinajstić information content (AvgIpc) is 2.80. The Kier molecular flexibility index (Phi) is 10.9. The molecule has 204 valence electrons. The van der Waals surface area contributed by atoms with E-state index in [1.807, 2.05) is 0 Å². The largest absolute Gasteiger partial charge is 0.428 e. The first-order valence-electron chi connectivity index (χ1n) is 11.3. The number of nitrogens with zero attached hydrogens (tertiary/aromatic N) is 1. The van der Waals surface area contributed by atoms with Gasteiger partial charge in [0.25, 0.3) is 5.91 Å². The molecule has 2 amide bonds. The zero-order chi connectivity index (χ0) is 28.5. The lowest BCUT2D eigenvalue weighted by Crippen LogP contribution is -2.39. The second kappa shape index (κ2) is 13.6. The normalized spacial score (nSPS) is 11.6. The molecule has 0 aliphatic carbocycles. The van der Waals surface area contributed by atoms with Gasteiger partial charge in [0.1, 0.15) is 0 Å². The van der Waals surface area contributed by atoms with Crippen LogP contribution in [0.4, 0.5) is 5.69 Å². The number of benzene rings is 2. The molecule has 0 spiro atoms. The molecule has 0 saturated heterocycles. The van der Waals surface area contributed by atoms with Crippen LogP contribution in [-0.4, -0.2) is 43.1 Å². The second-order valence-electron chi connectivity index (χ2n) is 9.11. The van der Waals surface area contributed by atoms with Crippen LogP contribution in [0.15, 0.2) is 47.5 Å². The molecular formula is C25H29Cl2N5O6. The number of carbonyl (C=O) groups is 4. The van der Waals surface area contributed by atoms with Crippen molar-refractivity contribution in [3.8, 4) is 0 Å². The lowest BCUT2D eigenvalue weighted by molar-refractivity contribution is -0.173. The van der Waals surface area contributed by atoms with E-state index in [4.69, 9.17) is 44.1 Å². The van der Waals surface area contributed by atoms with Crippen molar-refractivity contribution in [1.82, 2.24) is 10.6 Å². The number of hydrogen-bond acceptors (Lipinski definition) is 7. The lowest BCUT2D eigenvalue weighted by Gasteiger charge is -2.20. The Bertz CT molecular complexity index is 1200. The number of hydrogen-bond donors (Lipinski definition) is 4. The first-order valence-corrected chi connectivity index (χ1v) is 12.1. The number of rotatable bonds is 10. The summed E-state index contributed by atoms with van der Waals surface area (Å²) in [6.45, 7) is 3.98. The molecule has 2 aromatic rings. The molecule has 0 aliphatic rings. The first kappa shape index (κ1) is 30.4. The predicted molar refractivity (Wildman–Crippen MR) is 143 cm³/mol. The molecule has 0 fully saturated rings. The molecule has 1 unspecified atom stereocenters. The standard InChI is InChI=1S/C25H29Cl2N5O6/c1-25(2,3)23(36)38-13-37-21(34)11-19(15-7-16(26)10-17(27)8-15)32-20(33)12-30-22(35)14-5-4-6-18(9-14)31-24(28)29/h4-10,19H,11-13H2,1-3H3,(H,30,35)(H,32,33)(H4,28,29,31). The molecule has 6 N–H and O–H groups in total. The molecule has 13 heteroatoms. The van der Waals surface area contributed by atoms with Crippen molar-refractivity contribution in [2.75, 3.05) is 13.3 Å². The van der Waals surface area contributed by atoms with E-state index < -0.39 is 48.5 Å². The third kappa shape index (κ3) is 10.3. The zero-order valence-corrected chi connectivity index (χ0v) is 22.6. The smallest absolute Gasteiger partial charge is 0.314 e. The van der Waals surface area contributed by atoms with Crippen LogP contribution in [0.5, 0.6) is 0 Å². The summed E-state index contributed by atoms with van der Waals surface area (Å²) >= 11 is 12.2. The van der Waals surface area contributed by atoms with Gasteiger partial charge in [-0.05, 0) is 62.7 Å². The molecule has 1 atom stereocenters. The molecule has 0 aromatic heterocycles. The van der Waals surface area contributed by atoms with Gasteiger partial charge in [-0.25, -0.2) is 4.99 Å². The number of aliphatic imine (C=N–C) groups is 1. The molecule has 2 rings (SSSR count). The van der Waals surface area contributed by atoms with E-state index in [9.17, 15) is 19.2 Å². The molecule has 0 saturated carbocycles. The highest BCUT2D eigenvalue weighted by atomic mass is 35.5. The van der Waals surface area contributed by atoms with Crippen molar-refractivity contribution in [1.29, 1.82) is 0 Å². The first-order chi connectivity index (χ1) is 17.7. The summed E-state index contributed by atoms with van der Waals surface area (Å²) in [5, 5.41) is 5.71. The van der Waals surface area contributed by atoms with Crippen molar-refractivity contribution in [3.05, 3.63) is 63.6 Å². The summed E-state index contributed by atoms with van der Waals surface area (Å²) in [4.78, 5) is 53.3. The van der Waals surface area contributed by atoms with Gasteiger partial charge in [-0.15, -0.1) is 0 Å². The third-order valence-corrected chi connectivity index (χ3v) is 5.23. The van der Waals surface area contributed by atoms with Gasteiger partial charge in [-0.3, -0.25) is 19.2 Å². The number of carbonyl (C=O) groups excluding carboxylic acids is 4. The fourth-order valence-corrected chi connectivity index (χ4v) is 3.54. The maximum atomic E-state index is 12.7. The third-order valence-electron chi connectivity index (χ3n) is 4.79. The SMILES string of the molecule is CC(C)(C)C(=O)OCOC(=O)CC(NC(=O)CNC(=O)c1cccc(N=C(N)N)c1)c1cc(Cl)cc(Cl)c1. The number of ether oxygens (including phenoxy) is 2.